The van der Waals surface area contributed by atoms with Gasteiger partial charge in [-0.3, -0.25) is 4.79 Å². The molecule has 16 heavy (non-hydrogen) atoms. The van der Waals surface area contributed by atoms with E-state index >= 15 is 0 Å². The molecule has 80 valence electrons. The summed E-state index contributed by atoms with van der Waals surface area (Å²) in [6.45, 7) is 4.05. The Morgan fingerprint density at radius 2 is 1.69 bits per heavy atom. The van der Waals surface area contributed by atoms with Gasteiger partial charge in [0.05, 0.1) is 0 Å². The summed E-state index contributed by atoms with van der Waals surface area (Å²) in [4.78, 5) is 11.1. The number of hydrogen-bond acceptors (Lipinski definition) is 1. The van der Waals surface area contributed by atoms with Crippen LogP contribution in [0.1, 0.15) is 21.5 Å². The molecule has 0 aliphatic rings. The molecule has 0 saturated heterocycles. The second kappa shape index (κ2) is 4.31. The quantitative estimate of drug-likeness (QED) is 0.689. The smallest absolute Gasteiger partial charge is 0.150 e. The van der Waals surface area contributed by atoms with Gasteiger partial charge in [-0.25, -0.2) is 0 Å². The lowest BCUT2D eigenvalue weighted by Gasteiger charge is -2.08. The van der Waals surface area contributed by atoms with E-state index in [0.717, 1.165) is 28.5 Å². The zero-order valence-electron chi connectivity index (χ0n) is 9.53. The summed E-state index contributed by atoms with van der Waals surface area (Å²) < 4.78 is 0. The lowest BCUT2D eigenvalue weighted by molar-refractivity contribution is 0.112. The Kier molecular flexibility index (Phi) is 2.86. The van der Waals surface area contributed by atoms with E-state index < -0.39 is 0 Å². The highest BCUT2D eigenvalue weighted by molar-refractivity contribution is 5.88. The lowest BCUT2D eigenvalue weighted by Crippen LogP contribution is -1.90. The molecular formula is C15H14O. The van der Waals surface area contributed by atoms with Crippen molar-refractivity contribution < 1.29 is 4.79 Å². The van der Waals surface area contributed by atoms with E-state index in [2.05, 4.69) is 13.0 Å². The maximum absolute atomic E-state index is 11.1. The first kappa shape index (κ1) is 10.6. The molecule has 0 atom stereocenters. The molecule has 0 radical (unpaired) electrons. The van der Waals surface area contributed by atoms with Gasteiger partial charge >= 0.3 is 0 Å². The van der Waals surface area contributed by atoms with E-state index in [0.29, 0.717) is 0 Å². The first-order valence-corrected chi connectivity index (χ1v) is 5.34. The van der Waals surface area contributed by atoms with Crippen molar-refractivity contribution in [3.05, 3.63) is 59.2 Å². The number of hydrogen-bond donors (Lipinski definition) is 0. The van der Waals surface area contributed by atoms with E-state index in [1.807, 2.05) is 43.3 Å². The Morgan fingerprint density at radius 3 is 2.38 bits per heavy atom. The third kappa shape index (κ3) is 1.89. The van der Waals surface area contributed by atoms with Gasteiger partial charge < -0.3 is 0 Å². The van der Waals surface area contributed by atoms with Crippen LogP contribution in [-0.2, 0) is 0 Å². The topological polar surface area (TPSA) is 17.1 Å². The number of carbonyl (C=O) groups is 1. The minimum atomic E-state index is 0.759. The average molecular weight is 210 g/mol. The minimum absolute atomic E-state index is 0.759. The molecule has 0 bridgehead atoms. The van der Waals surface area contributed by atoms with Crippen molar-refractivity contribution >= 4 is 6.29 Å². The molecule has 0 heterocycles. The highest BCUT2D eigenvalue weighted by Crippen LogP contribution is 2.26. The third-order valence-electron chi connectivity index (χ3n) is 2.77. The third-order valence-corrected chi connectivity index (χ3v) is 2.77. The zero-order valence-corrected chi connectivity index (χ0v) is 9.53. The van der Waals surface area contributed by atoms with Crippen LogP contribution in [0.3, 0.4) is 0 Å². The Labute approximate surface area is 95.7 Å². The van der Waals surface area contributed by atoms with Gasteiger partial charge in [-0.2, -0.15) is 0 Å². The van der Waals surface area contributed by atoms with Gasteiger partial charge in [0, 0.05) is 5.56 Å². The van der Waals surface area contributed by atoms with Crippen LogP contribution in [0.2, 0.25) is 0 Å². The van der Waals surface area contributed by atoms with Gasteiger partial charge in [0.25, 0.3) is 0 Å². The lowest BCUT2D eigenvalue weighted by atomic mass is 9.95. The standard InChI is InChI=1S/C15H14O/c1-11-7-8-15(13(9-11)10-16)14-6-4-3-5-12(14)2/h3-10H,1-2H3. The molecule has 0 aliphatic heterocycles. The predicted molar refractivity (Wildman–Crippen MR) is 66.7 cm³/mol. The fourth-order valence-electron chi connectivity index (χ4n) is 1.90. The number of aryl methyl sites for hydroxylation is 2. The van der Waals surface area contributed by atoms with Gasteiger partial charge in [0.1, 0.15) is 0 Å². The molecule has 0 fully saturated rings. The van der Waals surface area contributed by atoms with Crippen LogP contribution in [0.5, 0.6) is 0 Å². The molecule has 2 rings (SSSR count). The summed E-state index contributed by atoms with van der Waals surface area (Å²) in [5.74, 6) is 0. The largest absolute Gasteiger partial charge is 0.298 e. The first-order chi connectivity index (χ1) is 7.72. The molecule has 2 aromatic carbocycles. The van der Waals surface area contributed by atoms with Crippen LogP contribution in [0, 0.1) is 13.8 Å². The first-order valence-electron chi connectivity index (χ1n) is 5.34. The molecule has 0 saturated carbocycles. The fourth-order valence-corrected chi connectivity index (χ4v) is 1.90. The van der Waals surface area contributed by atoms with E-state index in [1.165, 1.54) is 5.56 Å². The van der Waals surface area contributed by atoms with Gasteiger partial charge in [0.15, 0.2) is 6.29 Å². The van der Waals surface area contributed by atoms with Gasteiger partial charge in [-0.15, -0.1) is 0 Å². The molecule has 1 heteroatoms. The summed E-state index contributed by atoms with van der Waals surface area (Å²) in [6.07, 6.45) is 0.925. The number of benzene rings is 2. The van der Waals surface area contributed by atoms with Crippen LogP contribution >= 0.6 is 0 Å². The molecular weight excluding hydrogens is 196 g/mol. The van der Waals surface area contributed by atoms with Crippen molar-refractivity contribution in [1.82, 2.24) is 0 Å². The zero-order chi connectivity index (χ0) is 11.5. The molecule has 0 aromatic heterocycles. The van der Waals surface area contributed by atoms with Crippen LogP contribution < -0.4 is 0 Å². The van der Waals surface area contributed by atoms with Crippen LogP contribution in [-0.4, -0.2) is 6.29 Å². The van der Waals surface area contributed by atoms with Crippen molar-refractivity contribution in [2.45, 2.75) is 13.8 Å². The molecule has 2 aromatic rings. The molecule has 0 aliphatic carbocycles. The van der Waals surface area contributed by atoms with Crippen molar-refractivity contribution in [1.29, 1.82) is 0 Å². The Hall–Kier alpha value is -1.89. The van der Waals surface area contributed by atoms with Gasteiger partial charge in [0.2, 0.25) is 0 Å². The molecule has 0 spiro atoms. The average Bonchev–Trinajstić information content (AvgIpc) is 2.30. The van der Waals surface area contributed by atoms with Crippen LogP contribution in [0.25, 0.3) is 11.1 Å². The summed E-state index contributed by atoms with van der Waals surface area (Å²) in [6, 6.07) is 14.1. The Bertz CT molecular complexity index is 527. The number of aldehydes is 1. The van der Waals surface area contributed by atoms with Crippen LogP contribution in [0.15, 0.2) is 42.5 Å². The fraction of sp³-hybridized carbons (Fsp3) is 0.133. The molecule has 0 unspecified atom stereocenters. The Balaban J connectivity index is 2.65. The number of carbonyl (C=O) groups excluding carboxylic acids is 1. The molecule has 0 amide bonds. The monoisotopic (exact) mass is 210 g/mol. The molecule has 0 N–H and O–H groups in total. The summed E-state index contributed by atoms with van der Waals surface area (Å²) in [5.41, 5.74) is 5.20. The normalized spacial score (nSPS) is 10.1. The predicted octanol–water partition coefficient (Wildman–Crippen LogP) is 3.78. The highest BCUT2D eigenvalue weighted by Gasteiger charge is 2.06. The SMILES string of the molecule is Cc1ccc(-c2ccccc2C)c(C=O)c1. The second-order valence-corrected chi connectivity index (χ2v) is 4.02. The maximum Gasteiger partial charge on any atom is 0.150 e. The van der Waals surface area contributed by atoms with Crippen LogP contribution in [0.4, 0.5) is 0 Å². The highest BCUT2D eigenvalue weighted by atomic mass is 16.1. The van der Waals surface area contributed by atoms with Crippen molar-refractivity contribution in [2.75, 3.05) is 0 Å². The van der Waals surface area contributed by atoms with E-state index in [1.54, 1.807) is 0 Å². The summed E-state index contributed by atoms with van der Waals surface area (Å²) in [7, 11) is 0. The summed E-state index contributed by atoms with van der Waals surface area (Å²) in [5, 5.41) is 0. The molecule has 1 nitrogen and oxygen atoms in total. The second-order valence-electron chi connectivity index (χ2n) is 4.02. The summed E-state index contributed by atoms with van der Waals surface area (Å²) >= 11 is 0. The minimum Gasteiger partial charge on any atom is -0.298 e. The van der Waals surface area contributed by atoms with E-state index in [-0.39, 0.29) is 0 Å². The number of rotatable bonds is 2. The van der Waals surface area contributed by atoms with Gasteiger partial charge in [-0.05, 0) is 36.6 Å². The van der Waals surface area contributed by atoms with Crippen molar-refractivity contribution in [3.63, 3.8) is 0 Å². The Morgan fingerprint density at radius 1 is 0.938 bits per heavy atom. The van der Waals surface area contributed by atoms with Crippen molar-refractivity contribution in [2.24, 2.45) is 0 Å². The van der Waals surface area contributed by atoms with E-state index in [4.69, 9.17) is 0 Å². The van der Waals surface area contributed by atoms with E-state index in [9.17, 15) is 4.79 Å². The maximum atomic E-state index is 11.1. The van der Waals surface area contributed by atoms with Gasteiger partial charge in [-0.1, -0.05) is 42.0 Å². The van der Waals surface area contributed by atoms with Crippen molar-refractivity contribution in [3.8, 4) is 11.1 Å².